The Kier molecular flexibility index (Phi) is 8.91. The van der Waals surface area contributed by atoms with Gasteiger partial charge in [-0.15, -0.1) is 10.2 Å². The van der Waals surface area contributed by atoms with Gasteiger partial charge >= 0.3 is 0 Å². The van der Waals surface area contributed by atoms with E-state index in [0.717, 1.165) is 42.9 Å². The lowest BCUT2D eigenvalue weighted by molar-refractivity contribution is -0.132. The summed E-state index contributed by atoms with van der Waals surface area (Å²) in [5, 5.41) is 8.93. The molecular formula is C31H37N5O4. The molecule has 0 unspecified atom stereocenters. The van der Waals surface area contributed by atoms with Gasteiger partial charge in [-0.3, -0.25) is 9.59 Å². The number of hydrogen-bond donors (Lipinski definition) is 0. The number of aryl methyl sites for hydroxylation is 1. The van der Waals surface area contributed by atoms with Crippen LogP contribution in [-0.4, -0.2) is 90.9 Å². The molecular weight excluding hydrogens is 506 g/mol. The fourth-order valence-corrected chi connectivity index (χ4v) is 5.22. The van der Waals surface area contributed by atoms with Crippen LogP contribution < -0.4 is 9.64 Å². The van der Waals surface area contributed by atoms with Crippen LogP contribution in [0.4, 0.5) is 5.82 Å². The predicted molar refractivity (Wildman–Crippen MR) is 153 cm³/mol. The maximum absolute atomic E-state index is 13.5. The highest BCUT2D eigenvalue weighted by atomic mass is 16.5. The van der Waals surface area contributed by atoms with Crippen LogP contribution in [0.5, 0.6) is 5.75 Å². The summed E-state index contributed by atoms with van der Waals surface area (Å²) in [6, 6.07) is 19.3. The first-order valence-electron chi connectivity index (χ1n) is 14.0. The molecule has 0 radical (unpaired) electrons. The Morgan fingerprint density at radius 2 is 1.85 bits per heavy atom. The molecule has 2 aromatic carbocycles. The second-order valence-electron chi connectivity index (χ2n) is 10.4. The van der Waals surface area contributed by atoms with E-state index < -0.39 is 0 Å². The SMILES string of the molecule is COc1cccc(C(=O)N(CC(=O)N2CCCN(c3ccc(-c4ccc(C)cc4)nn3)CC2)C[C@H]2CCCO2)c1. The number of benzene rings is 2. The normalized spacial score (nSPS) is 17.4. The second-order valence-corrected chi connectivity index (χ2v) is 10.4. The number of ether oxygens (including phenoxy) is 2. The third-order valence-corrected chi connectivity index (χ3v) is 7.55. The van der Waals surface area contributed by atoms with Crippen LogP contribution >= 0.6 is 0 Å². The van der Waals surface area contributed by atoms with E-state index in [4.69, 9.17) is 9.47 Å². The summed E-state index contributed by atoms with van der Waals surface area (Å²) < 4.78 is 11.1. The van der Waals surface area contributed by atoms with Crippen molar-refractivity contribution in [2.45, 2.75) is 32.3 Å². The molecule has 3 heterocycles. The molecule has 3 aromatic rings. The Morgan fingerprint density at radius 3 is 2.58 bits per heavy atom. The molecule has 2 aliphatic heterocycles. The molecule has 9 heteroatoms. The lowest BCUT2D eigenvalue weighted by Crippen LogP contribution is -2.46. The molecule has 0 saturated carbocycles. The summed E-state index contributed by atoms with van der Waals surface area (Å²) in [5.74, 6) is 1.16. The maximum atomic E-state index is 13.5. The number of methoxy groups -OCH3 is 1. The van der Waals surface area contributed by atoms with Gasteiger partial charge in [-0.25, -0.2) is 0 Å². The zero-order chi connectivity index (χ0) is 27.9. The van der Waals surface area contributed by atoms with Gasteiger partial charge in [-0.05, 0) is 56.5 Å². The van der Waals surface area contributed by atoms with Gasteiger partial charge < -0.3 is 24.2 Å². The van der Waals surface area contributed by atoms with E-state index in [1.807, 2.05) is 17.0 Å². The average Bonchev–Trinajstić information content (AvgIpc) is 3.38. The Balaban J connectivity index is 1.22. The summed E-state index contributed by atoms with van der Waals surface area (Å²) in [7, 11) is 1.57. The number of aromatic nitrogens is 2. The van der Waals surface area contributed by atoms with Crippen LogP contribution in [0.1, 0.15) is 35.2 Å². The molecule has 2 saturated heterocycles. The fourth-order valence-electron chi connectivity index (χ4n) is 5.22. The summed E-state index contributed by atoms with van der Waals surface area (Å²) in [6.07, 6.45) is 2.61. The number of anilines is 1. The number of nitrogens with zero attached hydrogens (tertiary/aromatic N) is 5. The van der Waals surface area contributed by atoms with Gasteiger partial charge in [0, 0.05) is 50.5 Å². The van der Waals surface area contributed by atoms with Crippen LogP contribution in [-0.2, 0) is 9.53 Å². The molecule has 40 heavy (non-hydrogen) atoms. The number of carbonyl (C=O) groups excluding carboxylic acids is 2. The van der Waals surface area contributed by atoms with Crippen LogP contribution in [0.3, 0.4) is 0 Å². The highest BCUT2D eigenvalue weighted by Crippen LogP contribution is 2.21. The van der Waals surface area contributed by atoms with E-state index in [-0.39, 0.29) is 24.5 Å². The van der Waals surface area contributed by atoms with Gasteiger partial charge in [0.25, 0.3) is 5.91 Å². The Bertz CT molecular complexity index is 1290. The summed E-state index contributed by atoms with van der Waals surface area (Å²) in [4.78, 5) is 32.6. The summed E-state index contributed by atoms with van der Waals surface area (Å²) >= 11 is 0. The first kappa shape index (κ1) is 27.6. The molecule has 2 aliphatic rings. The number of rotatable bonds is 8. The number of carbonyl (C=O) groups is 2. The Hall–Kier alpha value is -3.98. The van der Waals surface area contributed by atoms with E-state index in [9.17, 15) is 9.59 Å². The van der Waals surface area contributed by atoms with Gasteiger partial charge in [0.2, 0.25) is 5.91 Å². The van der Waals surface area contributed by atoms with E-state index in [2.05, 4.69) is 46.3 Å². The lowest BCUT2D eigenvalue weighted by atomic mass is 10.1. The molecule has 5 rings (SSSR count). The van der Waals surface area contributed by atoms with Crippen LogP contribution in [0.25, 0.3) is 11.3 Å². The van der Waals surface area contributed by atoms with Gasteiger partial charge in [0.15, 0.2) is 5.82 Å². The predicted octanol–water partition coefficient (Wildman–Crippen LogP) is 3.82. The van der Waals surface area contributed by atoms with Crippen molar-refractivity contribution < 1.29 is 19.1 Å². The highest BCUT2D eigenvalue weighted by molar-refractivity contribution is 5.97. The van der Waals surface area contributed by atoms with Crippen molar-refractivity contribution in [2.24, 2.45) is 0 Å². The summed E-state index contributed by atoms with van der Waals surface area (Å²) in [6.45, 7) is 5.78. The molecule has 1 atom stereocenters. The van der Waals surface area contributed by atoms with Gasteiger partial charge in [-0.2, -0.15) is 0 Å². The zero-order valence-electron chi connectivity index (χ0n) is 23.3. The zero-order valence-corrected chi connectivity index (χ0v) is 23.3. The first-order valence-corrected chi connectivity index (χ1v) is 14.0. The minimum atomic E-state index is -0.192. The maximum Gasteiger partial charge on any atom is 0.254 e. The minimum absolute atomic E-state index is 0.0148. The largest absolute Gasteiger partial charge is 0.497 e. The molecule has 0 aliphatic carbocycles. The van der Waals surface area contributed by atoms with Crippen molar-refractivity contribution in [3.05, 3.63) is 71.8 Å². The molecule has 2 fully saturated rings. The van der Waals surface area contributed by atoms with Crippen LogP contribution in [0.2, 0.25) is 0 Å². The number of amides is 2. The van der Waals surface area contributed by atoms with E-state index in [0.29, 0.717) is 44.1 Å². The first-order chi connectivity index (χ1) is 19.5. The molecule has 2 amide bonds. The van der Waals surface area contributed by atoms with Crippen LogP contribution in [0, 0.1) is 6.92 Å². The molecule has 1 aromatic heterocycles. The van der Waals surface area contributed by atoms with Crippen LogP contribution in [0.15, 0.2) is 60.7 Å². The molecule has 210 valence electrons. The second kappa shape index (κ2) is 12.9. The van der Waals surface area contributed by atoms with E-state index in [1.165, 1.54) is 5.56 Å². The van der Waals surface area contributed by atoms with Gasteiger partial charge in [0.05, 0.1) is 18.9 Å². The van der Waals surface area contributed by atoms with Crippen molar-refractivity contribution in [2.75, 3.05) is 57.9 Å². The lowest BCUT2D eigenvalue weighted by Gasteiger charge is -2.28. The molecule has 9 nitrogen and oxygen atoms in total. The van der Waals surface area contributed by atoms with Crippen molar-refractivity contribution in [3.8, 4) is 17.0 Å². The number of hydrogen-bond acceptors (Lipinski definition) is 7. The smallest absolute Gasteiger partial charge is 0.254 e. The summed E-state index contributed by atoms with van der Waals surface area (Å²) in [5.41, 5.74) is 3.58. The molecule has 0 bridgehead atoms. The standard InChI is InChI=1S/C31H37N5O4/c1-23-9-11-24(12-10-23)28-13-14-29(33-32-28)34-15-5-16-35(18-17-34)30(37)22-36(21-27-8-4-19-40-27)31(38)25-6-3-7-26(20-25)39-2/h3,6-7,9-14,20,27H,4-5,8,15-19,21-22H2,1-2H3/t27-/m1/s1. The van der Waals surface area contributed by atoms with E-state index in [1.54, 1.807) is 36.3 Å². The van der Waals surface area contributed by atoms with Crippen molar-refractivity contribution in [1.82, 2.24) is 20.0 Å². The Labute approximate surface area is 235 Å². The Morgan fingerprint density at radius 1 is 1.00 bits per heavy atom. The van der Waals surface area contributed by atoms with Gasteiger partial charge in [-0.1, -0.05) is 35.9 Å². The third kappa shape index (κ3) is 6.77. The minimum Gasteiger partial charge on any atom is -0.497 e. The van der Waals surface area contributed by atoms with Gasteiger partial charge in [0.1, 0.15) is 12.3 Å². The molecule has 0 N–H and O–H groups in total. The van der Waals surface area contributed by atoms with E-state index >= 15 is 0 Å². The van der Waals surface area contributed by atoms with Crippen molar-refractivity contribution >= 4 is 17.6 Å². The topological polar surface area (TPSA) is 88.1 Å². The van der Waals surface area contributed by atoms with Crippen molar-refractivity contribution in [3.63, 3.8) is 0 Å². The fraction of sp³-hybridized carbons (Fsp3) is 0.419. The monoisotopic (exact) mass is 543 g/mol. The quantitative estimate of drug-likeness (QED) is 0.427. The average molecular weight is 544 g/mol. The highest BCUT2D eigenvalue weighted by Gasteiger charge is 2.28. The molecule has 0 spiro atoms. The van der Waals surface area contributed by atoms with Crippen molar-refractivity contribution in [1.29, 1.82) is 0 Å². The third-order valence-electron chi connectivity index (χ3n) is 7.55.